The second-order valence-electron chi connectivity index (χ2n) is 6.10. The van der Waals surface area contributed by atoms with Gasteiger partial charge in [0.1, 0.15) is 10.2 Å². The zero-order valence-electron chi connectivity index (χ0n) is 16.7. The Morgan fingerprint density at radius 2 is 1.61 bits per heavy atom. The van der Waals surface area contributed by atoms with Gasteiger partial charge in [-0.1, -0.05) is 69.4 Å². The third-order valence-electron chi connectivity index (χ3n) is 4.38. The van der Waals surface area contributed by atoms with Crippen molar-refractivity contribution in [1.29, 1.82) is 0 Å². The van der Waals surface area contributed by atoms with Gasteiger partial charge >= 0.3 is 103 Å². The van der Waals surface area contributed by atoms with Crippen LogP contribution in [0.1, 0.15) is 10.4 Å². The van der Waals surface area contributed by atoms with Crippen molar-refractivity contribution in [3.8, 4) is 22.5 Å². The Hall–Kier alpha value is 2.33. The van der Waals surface area contributed by atoms with Crippen LogP contribution in [0.3, 0.4) is 0 Å². The zero-order chi connectivity index (χ0) is 21.9. The number of rotatable bonds is 2. The van der Waals surface area contributed by atoms with E-state index in [9.17, 15) is 14.7 Å². The molecular weight excluding hydrogens is 789 g/mol. The van der Waals surface area contributed by atoms with Gasteiger partial charge in [0.05, 0.1) is 15.5 Å². The van der Waals surface area contributed by atoms with E-state index in [1.54, 1.807) is 12.1 Å². The third kappa shape index (κ3) is 6.32. The van der Waals surface area contributed by atoms with Gasteiger partial charge in [0.25, 0.3) is 0 Å². The van der Waals surface area contributed by atoms with Gasteiger partial charge in [-0.2, -0.15) is 6.07 Å². The summed E-state index contributed by atoms with van der Waals surface area (Å²) in [5, 5.41) is 12.6. The van der Waals surface area contributed by atoms with E-state index in [4.69, 9.17) is 27.6 Å². The number of benzene rings is 3. The quantitative estimate of drug-likeness (QED) is 0.171. The number of hydrogen-bond donors (Lipinski definition) is 0. The molecule has 2 aromatic rings. The van der Waals surface area contributed by atoms with E-state index in [1.165, 1.54) is 12.1 Å². The smallest absolute Gasteiger partial charge is 0.870 e. The molecule has 0 aromatic heterocycles. The van der Waals surface area contributed by atoms with E-state index < -0.39 is 5.97 Å². The van der Waals surface area contributed by atoms with Crippen LogP contribution in [0.25, 0.3) is 33.4 Å². The molecule has 1 heterocycles. The van der Waals surface area contributed by atoms with E-state index >= 15 is 0 Å². The first-order valence-corrected chi connectivity index (χ1v) is 11.9. The second-order valence-corrected chi connectivity index (χ2v) is 10.2. The first kappa shape index (κ1) is 33.4. The van der Waals surface area contributed by atoms with Crippen LogP contribution in [0.5, 0.6) is 0 Å². The monoisotopic (exact) mass is 789 g/mol. The van der Waals surface area contributed by atoms with Crippen molar-refractivity contribution in [3.05, 3.63) is 74.1 Å². The molecule has 0 atom stereocenters. The minimum absolute atomic E-state index is 0. The molecule has 5 nitrogen and oxygen atoms in total. The van der Waals surface area contributed by atoms with Crippen molar-refractivity contribution in [1.82, 2.24) is 0 Å². The van der Waals surface area contributed by atoms with Crippen LogP contribution < -0.4 is 113 Å². The minimum atomic E-state index is -1.49. The van der Waals surface area contributed by atoms with E-state index in [0.29, 0.717) is 31.0 Å². The Balaban J connectivity index is 0.00000181. The fourth-order valence-electron chi connectivity index (χ4n) is 3.18. The summed E-state index contributed by atoms with van der Waals surface area (Å²) in [6.07, 6.45) is 0. The number of hydrogen-bond acceptors (Lipinski definition) is 5. The topological polar surface area (TPSA) is 100 Å². The standard InChI is InChI=1S/C20H5Br4Cl2O4.2K.H2O/c21-6-3-7-13(14-11(25)1-2-12(26)15(14)20(28)29)8-5-9(22)17(27)16(24)19(8)30-18(7)10(23)4-6;;;/h1-3,5H,(H,28,29);;;1H2/q-1;2*+1;/p-2. The Morgan fingerprint density at radius 3 is 2.21 bits per heavy atom. The molecule has 0 saturated heterocycles. The molecule has 0 radical (unpaired) electrons. The van der Waals surface area contributed by atoms with Gasteiger partial charge in [0.15, 0.2) is 0 Å². The number of fused-ring (bicyclic) bond motifs is 2. The van der Waals surface area contributed by atoms with Gasteiger partial charge in [-0.25, -0.2) is 0 Å². The summed E-state index contributed by atoms with van der Waals surface area (Å²) in [4.78, 5) is 24.5. The molecule has 4 rings (SSSR count). The maximum atomic E-state index is 12.5. The molecule has 0 unspecified atom stereocenters. The molecule has 160 valence electrons. The predicted octanol–water partition coefficient (Wildman–Crippen LogP) is 0.916. The van der Waals surface area contributed by atoms with E-state index in [0.717, 1.165) is 0 Å². The van der Waals surface area contributed by atoms with Crippen LogP contribution in [-0.4, -0.2) is 11.4 Å². The maximum Gasteiger partial charge on any atom is 1.00 e. The van der Waals surface area contributed by atoms with Crippen LogP contribution in [0.2, 0.25) is 10.0 Å². The Morgan fingerprint density at radius 1 is 1.00 bits per heavy atom. The molecule has 0 amide bonds. The summed E-state index contributed by atoms with van der Waals surface area (Å²) < 4.78 is 7.50. The third-order valence-corrected chi connectivity index (χ3v) is 7.30. The van der Waals surface area contributed by atoms with Gasteiger partial charge in [0, 0.05) is 27.3 Å². The second kappa shape index (κ2) is 13.4. The Kier molecular flexibility index (Phi) is 13.6. The van der Waals surface area contributed by atoms with E-state index in [1.807, 2.05) is 0 Å². The maximum absolute atomic E-state index is 12.5. The SMILES string of the molecule is O=C([O-])c1c(Cl)ccc(Cl)c1-c1c2cc(Br)c(=O)c(Br)c-2oc2c(Br)[c-]c(Br)cc12.[K+].[K+].[OH-]. The van der Waals surface area contributed by atoms with Crippen molar-refractivity contribution in [3.63, 3.8) is 0 Å². The van der Waals surface area contributed by atoms with Crippen molar-refractivity contribution >= 4 is 104 Å². The predicted molar refractivity (Wildman–Crippen MR) is 130 cm³/mol. The molecular formula is C20H5Br4Cl2K2O5-. The first-order chi connectivity index (χ1) is 14.1. The van der Waals surface area contributed by atoms with Crippen molar-refractivity contribution in [2.75, 3.05) is 0 Å². The Labute approximate surface area is 316 Å². The van der Waals surface area contributed by atoms with E-state index in [-0.39, 0.29) is 150 Å². The number of aromatic carboxylic acids is 1. The van der Waals surface area contributed by atoms with Crippen LogP contribution in [-0.2, 0) is 0 Å². The molecule has 0 bridgehead atoms. The number of carbonyl (C=O) groups is 1. The van der Waals surface area contributed by atoms with Crippen LogP contribution in [0.15, 0.2) is 51.4 Å². The molecule has 2 aromatic carbocycles. The molecule has 1 N–H and O–H groups in total. The van der Waals surface area contributed by atoms with Gasteiger partial charge in [-0.3, -0.25) is 4.79 Å². The van der Waals surface area contributed by atoms with Gasteiger partial charge in [-0.15, -0.1) is 6.07 Å². The molecule has 0 spiro atoms. The van der Waals surface area contributed by atoms with Crippen molar-refractivity contribution in [2.45, 2.75) is 0 Å². The molecule has 1 aliphatic heterocycles. The van der Waals surface area contributed by atoms with Gasteiger partial charge < -0.3 is 19.8 Å². The summed E-state index contributed by atoms with van der Waals surface area (Å²) in [6, 6.07) is 9.16. The summed E-state index contributed by atoms with van der Waals surface area (Å²) in [5.74, 6) is -1.28. The number of halogens is 6. The molecule has 2 aliphatic rings. The fraction of sp³-hybridized carbons (Fsp3) is 0. The van der Waals surface area contributed by atoms with Gasteiger partial charge in [0.2, 0.25) is 5.43 Å². The fourth-order valence-corrected chi connectivity index (χ4v) is 6.06. The molecule has 1 aliphatic carbocycles. The van der Waals surface area contributed by atoms with Crippen LogP contribution in [0, 0.1) is 6.07 Å². The van der Waals surface area contributed by atoms with Crippen molar-refractivity contribution < 1.29 is 123 Å². The summed E-state index contributed by atoms with van der Waals surface area (Å²) in [7, 11) is 0. The molecule has 13 heteroatoms. The average Bonchev–Trinajstić information content (AvgIpc) is 2.67. The number of carboxylic acid groups (broad SMARTS) is 1. The van der Waals surface area contributed by atoms with Crippen LogP contribution >= 0.6 is 86.9 Å². The van der Waals surface area contributed by atoms with Crippen molar-refractivity contribution in [2.24, 2.45) is 0 Å². The zero-order valence-corrected chi connectivity index (χ0v) is 30.8. The van der Waals surface area contributed by atoms with Crippen LogP contribution in [0.4, 0.5) is 0 Å². The average molecular weight is 794 g/mol. The van der Waals surface area contributed by atoms with E-state index in [2.05, 4.69) is 69.8 Å². The summed E-state index contributed by atoms with van der Waals surface area (Å²) in [5.41, 5.74) is 0.746. The molecule has 33 heavy (non-hydrogen) atoms. The van der Waals surface area contributed by atoms with Gasteiger partial charge in [-0.05, 0) is 55.6 Å². The molecule has 0 fully saturated rings. The Bertz CT molecular complexity index is 1430. The molecule has 0 saturated carbocycles. The summed E-state index contributed by atoms with van der Waals surface area (Å²) >= 11 is 26.0. The summed E-state index contributed by atoms with van der Waals surface area (Å²) in [6.45, 7) is 0. The number of carbonyl (C=O) groups excluding carboxylic acids is 1. The normalized spacial score (nSPS) is 10.4. The number of carboxylic acids is 1. The first-order valence-electron chi connectivity index (χ1n) is 7.97. The minimum Gasteiger partial charge on any atom is -0.870 e. The largest absolute Gasteiger partial charge is 1.00 e.